The van der Waals surface area contributed by atoms with Crippen molar-refractivity contribution in [2.75, 3.05) is 23.4 Å². The molecule has 4 aromatic rings. The molecule has 32 heavy (non-hydrogen) atoms. The van der Waals surface area contributed by atoms with Gasteiger partial charge in [-0.3, -0.25) is 9.36 Å². The Morgan fingerprint density at radius 2 is 1.91 bits per heavy atom. The maximum atomic E-state index is 12.9. The number of benzene rings is 2. The average molecular weight is 446 g/mol. The fraction of sp³-hybridized carbons (Fsp3) is 0.0870. The summed E-state index contributed by atoms with van der Waals surface area (Å²) in [7, 11) is 0.371. The molecule has 9 heteroatoms. The fourth-order valence-corrected chi connectivity index (χ4v) is 3.71. The minimum Gasteiger partial charge on any atom is -0.495 e. The Morgan fingerprint density at radius 3 is 2.59 bits per heavy atom. The van der Waals surface area contributed by atoms with Gasteiger partial charge in [-0.15, -0.1) is 6.42 Å². The molecule has 0 amide bonds. The summed E-state index contributed by atoms with van der Waals surface area (Å²) in [6.07, 6.45) is 8.74. The lowest BCUT2D eigenvalue weighted by molar-refractivity contribution is 0.417. The van der Waals surface area contributed by atoms with Crippen LogP contribution in [0.3, 0.4) is 0 Å². The van der Waals surface area contributed by atoms with Crippen LogP contribution < -0.4 is 20.3 Å². The molecule has 0 aliphatic carbocycles. The Bertz CT molecular complexity index is 1420. The highest BCUT2D eigenvalue weighted by Gasteiger charge is 2.14. The summed E-state index contributed by atoms with van der Waals surface area (Å²) in [4.78, 5) is 21.9. The highest BCUT2D eigenvalue weighted by Crippen LogP contribution is 2.27. The predicted molar refractivity (Wildman–Crippen MR) is 127 cm³/mol. The largest absolute Gasteiger partial charge is 0.495 e. The van der Waals surface area contributed by atoms with Crippen molar-refractivity contribution in [3.05, 3.63) is 76.7 Å². The molecule has 0 saturated heterocycles. The van der Waals surface area contributed by atoms with E-state index in [4.69, 9.17) is 11.2 Å². The molecule has 4 rings (SSSR count). The number of hydrogen-bond acceptors (Lipinski definition) is 6. The van der Waals surface area contributed by atoms with Gasteiger partial charge >= 0.3 is 0 Å². The molecule has 160 valence electrons. The summed E-state index contributed by atoms with van der Waals surface area (Å²) in [5.41, 5.74) is 2.37. The van der Waals surface area contributed by atoms with Gasteiger partial charge in [0.2, 0.25) is 5.95 Å². The first kappa shape index (κ1) is 21.1. The number of fused-ring (bicyclic) bond motifs is 1. The zero-order valence-electron chi connectivity index (χ0n) is 17.3. The molecular formula is C23H19N5O3S. The molecule has 0 fully saturated rings. The number of para-hydroxylation sites is 2. The molecule has 0 spiro atoms. The van der Waals surface area contributed by atoms with E-state index in [1.165, 1.54) is 16.9 Å². The van der Waals surface area contributed by atoms with E-state index in [0.717, 1.165) is 0 Å². The monoisotopic (exact) mass is 445 g/mol. The van der Waals surface area contributed by atoms with E-state index in [1.54, 1.807) is 37.6 Å². The van der Waals surface area contributed by atoms with Gasteiger partial charge in [-0.2, -0.15) is 4.98 Å². The third-order valence-corrected chi connectivity index (χ3v) is 5.18. The summed E-state index contributed by atoms with van der Waals surface area (Å²) in [5, 5.41) is 3.69. The smallest absolute Gasteiger partial charge is 0.258 e. The summed E-state index contributed by atoms with van der Waals surface area (Å²) in [6, 6.07) is 15.7. The van der Waals surface area contributed by atoms with Crippen LogP contribution in [0.1, 0.15) is 5.56 Å². The van der Waals surface area contributed by atoms with Crippen molar-refractivity contribution in [1.82, 2.24) is 14.5 Å². The normalized spacial score (nSPS) is 11.5. The molecule has 2 N–H and O–H groups in total. The second kappa shape index (κ2) is 8.91. The molecule has 2 aromatic carbocycles. The number of rotatable bonds is 6. The summed E-state index contributed by atoms with van der Waals surface area (Å²) in [5.74, 6) is 3.44. The highest BCUT2D eigenvalue weighted by molar-refractivity contribution is 7.85. The fourth-order valence-electron chi connectivity index (χ4n) is 3.25. The Hall–Kier alpha value is -4.16. The number of ether oxygens (including phenoxy) is 1. The van der Waals surface area contributed by atoms with Gasteiger partial charge in [-0.25, -0.2) is 9.19 Å². The molecule has 1 atom stereocenters. The van der Waals surface area contributed by atoms with Crippen molar-refractivity contribution in [2.24, 2.45) is 0 Å². The number of nitrogens with zero attached hydrogens (tertiary/aromatic N) is 3. The van der Waals surface area contributed by atoms with Gasteiger partial charge in [0.1, 0.15) is 16.7 Å². The van der Waals surface area contributed by atoms with Crippen LogP contribution in [0.2, 0.25) is 0 Å². The molecule has 2 heterocycles. The van der Waals surface area contributed by atoms with E-state index in [9.17, 15) is 9.00 Å². The summed E-state index contributed by atoms with van der Waals surface area (Å²) < 4.78 is 21.0. The van der Waals surface area contributed by atoms with Gasteiger partial charge in [0.25, 0.3) is 5.56 Å². The van der Waals surface area contributed by atoms with Gasteiger partial charge in [0, 0.05) is 29.8 Å². The summed E-state index contributed by atoms with van der Waals surface area (Å²) >= 11 is 0. The third kappa shape index (κ3) is 4.17. The van der Waals surface area contributed by atoms with E-state index >= 15 is 0 Å². The Kier molecular flexibility index (Phi) is 5.87. The van der Waals surface area contributed by atoms with Crippen molar-refractivity contribution in [1.29, 1.82) is 0 Å². The number of aromatic nitrogens is 3. The number of nitrogens with one attached hydrogen (secondary N) is 2. The van der Waals surface area contributed by atoms with Crippen LogP contribution in [0.15, 0.2) is 65.6 Å². The van der Waals surface area contributed by atoms with E-state index < -0.39 is 11.0 Å². The number of hydrogen-bond donors (Lipinski definition) is 2. The van der Waals surface area contributed by atoms with Crippen molar-refractivity contribution in [3.8, 4) is 23.8 Å². The Balaban J connectivity index is 1.86. The maximum absolute atomic E-state index is 12.9. The predicted octanol–water partition coefficient (Wildman–Crippen LogP) is 3.22. The van der Waals surface area contributed by atoms with Crippen LogP contribution >= 0.6 is 0 Å². The summed E-state index contributed by atoms with van der Waals surface area (Å²) in [6.45, 7) is 0. The molecular weight excluding hydrogens is 426 g/mol. The van der Waals surface area contributed by atoms with Crippen LogP contribution in [0, 0.1) is 12.3 Å². The number of anilines is 3. The number of pyridine rings is 1. The average Bonchev–Trinajstić information content (AvgIpc) is 2.79. The molecule has 0 saturated carbocycles. The molecule has 0 aliphatic heterocycles. The Morgan fingerprint density at radius 1 is 1.16 bits per heavy atom. The van der Waals surface area contributed by atoms with Crippen LogP contribution in [-0.4, -0.2) is 32.1 Å². The van der Waals surface area contributed by atoms with Crippen molar-refractivity contribution < 1.29 is 8.95 Å². The van der Waals surface area contributed by atoms with Crippen LogP contribution in [0.5, 0.6) is 5.75 Å². The SMILES string of the molecule is C#Cc1cc(=O)n(-c2ccc(NS(C)=O)cc2)c2nc(Nc3ccccc3OC)ncc12. The zero-order chi connectivity index (χ0) is 22.7. The van der Waals surface area contributed by atoms with Crippen molar-refractivity contribution >= 4 is 39.3 Å². The Labute approximate surface area is 186 Å². The first-order chi connectivity index (χ1) is 15.5. The zero-order valence-corrected chi connectivity index (χ0v) is 18.1. The number of terminal acetylenes is 1. The second-order valence-corrected chi connectivity index (χ2v) is 7.85. The van der Waals surface area contributed by atoms with E-state index in [0.29, 0.717) is 39.4 Å². The van der Waals surface area contributed by atoms with E-state index in [-0.39, 0.29) is 11.5 Å². The molecule has 0 radical (unpaired) electrons. The van der Waals surface area contributed by atoms with Crippen molar-refractivity contribution in [2.45, 2.75) is 0 Å². The minimum atomic E-state index is -1.20. The van der Waals surface area contributed by atoms with Crippen molar-refractivity contribution in [3.63, 3.8) is 0 Å². The second-order valence-electron chi connectivity index (χ2n) is 6.74. The maximum Gasteiger partial charge on any atom is 0.258 e. The van der Waals surface area contributed by atoms with Crippen LogP contribution in [-0.2, 0) is 11.0 Å². The molecule has 8 nitrogen and oxygen atoms in total. The number of methoxy groups -OCH3 is 1. The lowest BCUT2D eigenvalue weighted by Crippen LogP contribution is -2.20. The van der Waals surface area contributed by atoms with Crippen LogP contribution in [0.4, 0.5) is 17.3 Å². The first-order valence-electron chi connectivity index (χ1n) is 9.50. The minimum absolute atomic E-state index is 0.281. The highest BCUT2D eigenvalue weighted by atomic mass is 32.2. The lowest BCUT2D eigenvalue weighted by atomic mass is 10.2. The third-order valence-electron chi connectivity index (χ3n) is 4.65. The van der Waals surface area contributed by atoms with Gasteiger partial charge < -0.3 is 14.8 Å². The van der Waals surface area contributed by atoms with Gasteiger partial charge in [-0.1, -0.05) is 18.1 Å². The molecule has 0 aliphatic rings. The van der Waals surface area contributed by atoms with Gasteiger partial charge in [0.15, 0.2) is 5.65 Å². The molecule has 1 unspecified atom stereocenters. The first-order valence-corrected chi connectivity index (χ1v) is 11.1. The van der Waals surface area contributed by atoms with E-state index in [1.807, 2.05) is 24.3 Å². The van der Waals surface area contributed by atoms with E-state index in [2.05, 4.69) is 25.9 Å². The van der Waals surface area contributed by atoms with Crippen LogP contribution in [0.25, 0.3) is 16.7 Å². The molecule has 0 bridgehead atoms. The molecule has 2 aromatic heterocycles. The topological polar surface area (TPSA) is 98.1 Å². The standard InChI is InChI=1S/C23H19N5O3S/c1-4-15-13-21(29)28(17-11-9-16(10-12-17)27-32(3)30)22-18(15)14-24-23(26-22)25-19-7-5-6-8-20(19)31-2/h1,5-14,27H,2-3H3,(H,24,25,26). The van der Waals surface area contributed by atoms with Gasteiger partial charge in [0.05, 0.1) is 23.9 Å². The van der Waals surface area contributed by atoms with Gasteiger partial charge in [-0.05, 0) is 36.4 Å². The lowest BCUT2D eigenvalue weighted by Gasteiger charge is -2.14. The quantitative estimate of drug-likeness (QED) is 0.442.